The smallest absolute Gasteiger partial charge is 0.105 e. The number of aryl methyl sites for hydroxylation is 1. The highest BCUT2D eigenvalue weighted by Crippen LogP contribution is 2.21. The minimum Gasteiger partial charge on any atom is -0.469 e. The molecule has 2 aromatic heterocycles. The Morgan fingerprint density at radius 2 is 2.10 bits per heavy atom. The molecule has 0 amide bonds. The second kappa shape index (κ2) is 6.57. The maximum Gasteiger partial charge on any atom is 0.105 e. The van der Waals surface area contributed by atoms with Crippen LogP contribution in [-0.4, -0.2) is 18.1 Å². The fourth-order valence-corrected chi connectivity index (χ4v) is 2.16. The summed E-state index contributed by atoms with van der Waals surface area (Å²) < 4.78 is 5.36. The van der Waals surface area contributed by atoms with Gasteiger partial charge < -0.3 is 14.6 Å². The normalized spacial score (nSPS) is 11.1. The molecule has 2 heterocycles. The van der Waals surface area contributed by atoms with Crippen LogP contribution in [0, 0.1) is 6.92 Å². The van der Waals surface area contributed by atoms with Crippen molar-refractivity contribution >= 4 is 5.69 Å². The minimum absolute atomic E-state index is 0.462. The van der Waals surface area contributed by atoms with Gasteiger partial charge in [-0.05, 0) is 19.1 Å². The van der Waals surface area contributed by atoms with Crippen molar-refractivity contribution in [3.05, 3.63) is 47.7 Å². The van der Waals surface area contributed by atoms with E-state index >= 15 is 0 Å². The predicted octanol–water partition coefficient (Wildman–Crippen LogP) is 3.12. The fraction of sp³-hybridized carbons (Fsp3) is 0.438. The molecule has 0 aliphatic carbocycles. The average Bonchev–Trinajstić information content (AvgIpc) is 2.82. The molecule has 0 aromatic carbocycles. The van der Waals surface area contributed by atoms with Crippen molar-refractivity contribution in [2.45, 2.75) is 39.9 Å². The van der Waals surface area contributed by atoms with Gasteiger partial charge in [-0.3, -0.25) is 4.98 Å². The van der Waals surface area contributed by atoms with E-state index in [4.69, 9.17) is 4.42 Å². The largest absolute Gasteiger partial charge is 0.469 e. The first-order chi connectivity index (χ1) is 9.58. The number of furan rings is 1. The summed E-state index contributed by atoms with van der Waals surface area (Å²) >= 11 is 0. The molecular formula is C16H23N3O. The van der Waals surface area contributed by atoms with Crippen LogP contribution in [0.5, 0.6) is 0 Å². The third-order valence-corrected chi connectivity index (χ3v) is 3.36. The molecular weight excluding hydrogens is 250 g/mol. The molecule has 0 aliphatic rings. The van der Waals surface area contributed by atoms with Crippen LogP contribution in [0.1, 0.15) is 30.7 Å². The Labute approximate surface area is 120 Å². The number of nitrogens with zero attached hydrogens (tertiary/aromatic N) is 2. The Hall–Kier alpha value is -1.81. The second-order valence-electron chi connectivity index (χ2n) is 5.40. The number of anilines is 1. The van der Waals surface area contributed by atoms with Gasteiger partial charge in [0, 0.05) is 55.4 Å². The van der Waals surface area contributed by atoms with Crippen LogP contribution in [-0.2, 0) is 13.1 Å². The van der Waals surface area contributed by atoms with Gasteiger partial charge in [-0.1, -0.05) is 13.8 Å². The highest BCUT2D eigenvalue weighted by Gasteiger charge is 2.10. The molecule has 20 heavy (non-hydrogen) atoms. The Bertz CT molecular complexity index is 548. The summed E-state index contributed by atoms with van der Waals surface area (Å²) in [4.78, 5) is 6.47. The summed E-state index contributed by atoms with van der Waals surface area (Å²) in [6.45, 7) is 7.96. The fourth-order valence-electron chi connectivity index (χ4n) is 2.16. The van der Waals surface area contributed by atoms with Gasteiger partial charge in [0.2, 0.25) is 0 Å². The highest BCUT2D eigenvalue weighted by atomic mass is 16.3. The Balaban J connectivity index is 2.12. The van der Waals surface area contributed by atoms with Crippen molar-refractivity contribution in [2.24, 2.45) is 0 Å². The molecule has 0 atom stereocenters. The molecule has 0 radical (unpaired) electrons. The molecule has 2 aromatic rings. The molecule has 0 bridgehead atoms. The van der Waals surface area contributed by atoms with Crippen LogP contribution in [0.15, 0.2) is 35.2 Å². The van der Waals surface area contributed by atoms with Crippen molar-refractivity contribution in [3.8, 4) is 0 Å². The monoisotopic (exact) mass is 273 g/mol. The van der Waals surface area contributed by atoms with Crippen LogP contribution in [0.3, 0.4) is 0 Å². The second-order valence-corrected chi connectivity index (χ2v) is 5.40. The minimum atomic E-state index is 0.462. The zero-order valence-corrected chi connectivity index (χ0v) is 12.7. The van der Waals surface area contributed by atoms with Gasteiger partial charge in [-0.25, -0.2) is 0 Å². The SMILES string of the molecule is Cc1occc1CN(C)c1ccncc1CNC(C)C. The Morgan fingerprint density at radius 1 is 1.30 bits per heavy atom. The van der Waals surface area contributed by atoms with E-state index in [-0.39, 0.29) is 0 Å². The molecule has 0 saturated carbocycles. The van der Waals surface area contributed by atoms with Gasteiger partial charge in [0.15, 0.2) is 0 Å². The van der Waals surface area contributed by atoms with Crippen molar-refractivity contribution in [1.82, 2.24) is 10.3 Å². The van der Waals surface area contributed by atoms with Gasteiger partial charge in [0.25, 0.3) is 0 Å². The van der Waals surface area contributed by atoms with E-state index in [9.17, 15) is 0 Å². The summed E-state index contributed by atoms with van der Waals surface area (Å²) in [6.07, 6.45) is 5.52. The molecule has 0 fully saturated rings. The maximum absolute atomic E-state index is 5.36. The zero-order valence-electron chi connectivity index (χ0n) is 12.7. The number of nitrogens with one attached hydrogen (secondary N) is 1. The maximum atomic E-state index is 5.36. The molecule has 1 N–H and O–H groups in total. The predicted molar refractivity (Wildman–Crippen MR) is 81.8 cm³/mol. The van der Waals surface area contributed by atoms with Crippen molar-refractivity contribution in [3.63, 3.8) is 0 Å². The number of hydrogen-bond donors (Lipinski definition) is 1. The van der Waals surface area contributed by atoms with Crippen LogP contribution in [0.25, 0.3) is 0 Å². The number of aromatic nitrogens is 1. The molecule has 2 rings (SSSR count). The van der Waals surface area contributed by atoms with E-state index in [1.165, 1.54) is 16.8 Å². The van der Waals surface area contributed by atoms with Crippen LogP contribution in [0.4, 0.5) is 5.69 Å². The molecule has 0 unspecified atom stereocenters. The van der Waals surface area contributed by atoms with Crippen LogP contribution >= 0.6 is 0 Å². The van der Waals surface area contributed by atoms with E-state index in [0.717, 1.165) is 18.8 Å². The van der Waals surface area contributed by atoms with Gasteiger partial charge in [-0.2, -0.15) is 0 Å². The average molecular weight is 273 g/mol. The lowest BCUT2D eigenvalue weighted by atomic mass is 10.2. The lowest BCUT2D eigenvalue weighted by Crippen LogP contribution is -2.24. The molecule has 4 nitrogen and oxygen atoms in total. The topological polar surface area (TPSA) is 41.3 Å². The van der Waals surface area contributed by atoms with Gasteiger partial charge in [0.1, 0.15) is 5.76 Å². The summed E-state index contributed by atoms with van der Waals surface area (Å²) in [5.74, 6) is 0.979. The summed E-state index contributed by atoms with van der Waals surface area (Å²) in [6, 6.07) is 4.55. The molecule has 0 aliphatic heterocycles. The van der Waals surface area contributed by atoms with Gasteiger partial charge >= 0.3 is 0 Å². The van der Waals surface area contributed by atoms with Crippen molar-refractivity contribution in [1.29, 1.82) is 0 Å². The van der Waals surface area contributed by atoms with Crippen molar-refractivity contribution in [2.75, 3.05) is 11.9 Å². The van der Waals surface area contributed by atoms with E-state index < -0.39 is 0 Å². The zero-order chi connectivity index (χ0) is 14.5. The Morgan fingerprint density at radius 3 is 2.75 bits per heavy atom. The number of pyridine rings is 1. The molecule has 108 valence electrons. The van der Waals surface area contributed by atoms with Crippen LogP contribution in [0.2, 0.25) is 0 Å². The van der Waals surface area contributed by atoms with Gasteiger partial charge in [-0.15, -0.1) is 0 Å². The van der Waals surface area contributed by atoms with E-state index in [1.807, 2.05) is 25.4 Å². The first-order valence-electron chi connectivity index (χ1n) is 6.98. The summed E-state index contributed by atoms with van der Waals surface area (Å²) in [5, 5.41) is 3.44. The van der Waals surface area contributed by atoms with Crippen molar-refractivity contribution < 1.29 is 4.42 Å². The van der Waals surface area contributed by atoms with Crippen LogP contribution < -0.4 is 10.2 Å². The lowest BCUT2D eigenvalue weighted by molar-refractivity contribution is 0.529. The highest BCUT2D eigenvalue weighted by molar-refractivity contribution is 5.52. The number of rotatable bonds is 6. The lowest BCUT2D eigenvalue weighted by Gasteiger charge is -2.22. The van der Waals surface area contributed by atoms with E-state index in [0.29, 0.717) is 6.04 Å². The molecule has 0 spiro atoms. The van der Waals surface area contributed by atoms with Gasteiger partial charge in [0.05, 0.1) is 6.26 Å². The first kappa shape index (κ1) is 14.6. The molecule has 0 saturated heterocycles. The Kier molecular flexibility index (Phi) is 4.79. The third-order valence-electron chi connectivity index (χ3n) is 3.36. The van der Waals surface area contributed by atoms with E-state index in [2.05, 4.69) is 42.2 Å². The standard InChI is InChI=1S/C16H23N3O/c1-12(2)18-10-15-9-17-7-5-16(15)19(4)11-14-6-8-20-13(14)3/h5-9,12,18H,10-11H2,1-4H3. The summed E-state index contributed by atoms with van der Waals surface area (Å²) in [7, 11) is 2.10. The quantitative estimate of drug-likeness (QED) is 0.878. The summed E-state index contributed by atoms with van der Waals surface area (Å²) in [5.41, 5.74) is 3.63. The third kappa shape index (κ3) is 3.61. The molecule has 4 heteroatoms. The van der Waals surface area contributed by atoms with E-state index in [1.54, 1.807) is 6.26 Å². The number of hydrogen-bond acceptors (Lipinski definition) is 4. The first-order valence-corrected chi connectivity index (χ1v) is 6.98.